The number of hydrogen-bond acceptors (Lipinski definition) is 3. The highest BCUT2D eigenvalue weighted by Crippen LogP contribution is 2.26. The summed E-state index contributed by atoms with van der Waals surface area (Å²) in [7, 11) is 0. The van der Waals surface area contributed by atoms with Crippen molar-refractivity contribution in [1.29, 1.82) is 0 Å². The number of carbonyl (C=O) groups is 2. The predicted molar refractivity (Wildman–Crippen MR) is 121 cm³/mol. The lowest BCUT2D eigenvalue weighted by molar-refractivity contribution is 0.102. The second-order valence-corrected chi connectivity index (χ2v) is 7.30. The van der Waals surface area contributed by atoms with Crippen LogP contribution in [0, 0.1) is 13.8 Å². The van der Waals surface area contributed by atoms with Gasteiger partial charge in [-0.2, -0.15) is 0 Å². The molecule has 0 atom stereocenters. The lowest BCUT2D eigenvalue weighted by Gasteiger charge is -2.16. The number of hydrogen-bond donors (Lipinski definition) is 3. The van der Waals surface area contributed by atoms with Crippen molar-refractivity contribution in [2.24, 2.45) is 0 Å². The van der Waals surface area contributed by atoms with Gasteiger partial charge in [0.05, 0.1) is 11.3 Å². The highest BCUT2D eigenvalue weighted by molar-refractivity contribution is 6.08. The summed E-state index contributed by atoms with van der Waals surface area (Å²) < 4.78 is 0. The number of benzene rings is 3. The van der Waals surface area contributed by atoms with E-state index < -0.39 is 0 Å². The molecule has 6 nitrogen and oxygen atoms in total. The van der Waals surface area contributed by atoms with Crippen molar-refractivity contribution < 1.29 is 9.59 Å². The Bertz CT molecular complexity index is 1090. The zero-order chi connectivity index (χ0) is 21.1. The van der Waals surface area contributed by atoms with E-state index in [2.05, 4.69) is 35.9 Å². The molecular weight excluding hydrogens is 376 g/mol. The Morgan fingerprint density at radius 2 is 1.67 bits per heavy atom. The van der Waals surface area contributed by atoms with Crippen LogP contribution < -0.4 is 20.9 Å². The van der Waals surface area contributed by atoms with E-state index in [4.69, 9.17) is 0 Å². The number of carbonyl (C=O) groups excluding carboxylic acids is 2. The van der Waals surface area contributed by atoms with Gasteiger partial charge in [-0.1, -0.05) is 24.3 Å². The maximum atomic E-state index is 12.9. The van der Waals surface area contributed by atoms with Crippen molar-refractivity contribution in [3.63, 3.8) is 0 Å². The molecule has 1 aliphatic heterocycles. The third-order valence-electron chi connectivity index (χ3n) is 5.34. The molecule has 0 aromatic heterocycles. The SMILES string of the molecule is Cc1cccc(Nc2ccccc2C(=O)Nc2ccc(N3CCNC3=O)cc2)c1C. The van der Waals surface area contributed by atoms with Gasteiger partial charge in [-0.15, -0.1) is 0 Å². The van der Waals surface area contributed by atoms with E-state index in [-0.39, 0.29) is 11.9 Å². The minimum Gasteiger partial charge on any atom is -0.355 e. The molecule has 0 bridgehead atoms. The molecule has 3 N–H and O–H groups in total. The summed E-state index contributed by atoms with van der Waals surface area (Å²) in [5.41, 5.74) is 6.09. The summed E-state index contributed by atoms with van der Waals surface area (Å²) in [4.78, 5) is 26.4. The fourth-order valence-corrected chi connectivity index (χ4v) is 3.46. The van der Waals surface area contributed by atoms with Crippen molar-refractivity contribution in [3.05, 3.63) is 83.4 Å². The van der Waals surface area contributed by atoms with Gasteiger partial charge in [0.15, 0.2) is 0 Å². The minimum atomic E-state index is -0.199. The average Bonchev–Trinajstić information content (AvgIpc) is 3.18. The third kappa shape index (κ3) is 3.98. The van der Waals surface area contributed by atoms with Crippen LogP contribution in [-0.2, 0) is 0 Å². The lowest BCUT2D eigenvalue weighted by atomic mass is 10.1. The molecule has 0 unspecified atom stereocenters. The quantitative estimate of drug-likeness (QED) is 0.574. The zero-order valence-electron chi connectivity index (χ0n) is 17.0. The largest absolute Gasteiger partial charge is 0.355 e. The van der Waals surface area contributed by atoms with E-state index in [1.54, 1.807) is 23.1 Å². The molecule has 6 heteroatoms. The summed E-state index contributed by atoms with van der Waals surface area (Å²) in [6, 6.07) is 20.7. The van der Waals surface area contributed by atoms with Gasteiger partial charge in [-0.3, -0.25) is 9.69 Å². The maximum Gasteiger partial charge on any atom is 0.321 e. The number of nitrogens with zero attached hydrogens (tertiary/aromatic N) is 1. The zero-order valence-corrected chi connectivity index (χ0v) is 17.0. The highest BCUT2D eigenvalue weighted by atomic mass is 16.2. The van der Waals surface area contributed by atoms with Gasteiger partial charge in [-0.25, -0.2) is 4.79 Å². The first-order chi connectivity index (χ1) is 14.5. The van der Waals surface area contributed by atoms with Crippen LogP contribution in [0.4, 0.5) is 27.5 Å². The first-order valence-electron chi connectivity index (χ1n) is 9.92. The molecule has 0 saturated carbocycles. The number of para-hydroxylation sites is 1. The fraction of sp³-hybridized carbons (Fsp3) is 0.167. The van der Waals surface area contributed by atoms with Gasteiger partial charge in [0.1, 0.15) is 0 Å². The Kier molecular flexibility index (Phi) is 5.39. The Hall–Kier alpha value is -3.80. The Morgan fingerprint density at radius 1 is 0.933 bits per heavy atom. The van der Waals surface area contributed by atoms with Crippen LogP contribution in [0.5, 0.6) is 0 Å². The van der Waals surface area contributed by atoms with Crippen molar-refractivity contribution in [3.8, 4) is 0 Å². The number of aryl methyl sites for hydroxylation is 1. The maximum absolute atomic E-state index is 12.9. The molecular formula is C24H24N4O2. The third-order valence-corrected chi connectivity index (χ3v) is 5.34. The van der Waals surface area contributed by atoms with Crippen molar-refractivity contribution in [1.82, 2.24) is 5.32 Å². The van der Waals surface area contributed by atoms with Gasteiger partial charge in [-0.05, 0) is 67.4 Å². The minimum absolute atomic E-state index is 0.0989. The van der Waals surface area contributed by atoms with Gasteiger partial charge in [0, 0.05) is 30.2 Å². The Labute approximate surface area is 175 Å². The van der Waals surface area contributed by atoms with Crippen LogP contribution in [0.2, 0.25) is 0 Å². The van der Waals surface area contributed by atoms with Gasteiger partial charge in [0.2, 0.25) is 0 Å². The molecule has 1 saturated heterocycles. The summed E-state index contributed by atoms with van der Waals surface area (Å²) in [5, 5.41) is 9.11. The van der Waals surface area contributed by atoms with Crippen LogP contribution in [0.1, 0.15) is 21.5 Å². The lowest BCUT2D eigenvalue weighted by Crippen LogP contribution is -2.27. The summed E-state index contributed by atoms with van der Waals surface area (Å²) >= 11 is 0. The van der Waals surface area contributed by atoms with Gasteiger partial charge < -0.3 is 16.0 Å². The number of amides is 3. The first-order valence-corrected chi connectivity index (χ1v) is 9.92. The van der Waals surface area contributed by atoms with E-state index in [9.17, 15) is 9.59 Å². The number of urea groups is 1. The van der Waals surface area contributed by atoms with Crippen LogP contribution in [0.3, 0.4) is 0 Å². The molecule has 1 aliphatic rings. The van der Waals surface area contributed by atoms with E-state index >= 15 is 0 Å². The second-order valence-electron chi connectivity index (χ2n) is 7.30. The number of anilines is 4. The van der Waals surface area contributed by atoms with E-state index in [1.165, 1.54) is 5.56 Å². The molecule has 3 aromatic carbocycles. The summed E-state index contributed by atoms with van der Waals surface area (Å²) in [5.74, 6) is -0.199. The van der Waals surface area contributed by atoms with Gasteiger partial charge >= 0.3 is 6.03 Å². The molecule has 0 aliphatic carbocycles. The molecule has 3 amide bonds. The van der Waals surface area contributed by atoms with Crippen molar-refractivity contribution in [2.75, 3.05) is 28.6 Å². The van der Waals surface area contributed by atoms with Crippen molar-refractivity contribution in [2.45, 2.75) is 13.8 Å². The predicted octanol–water partition coefficient (Wildman–Crippen LogP) is 4.83. The van der Waals surface area contributed by atoms with Crippen molar-refractivity contribution >= 4 is 34.7 Å². The highest BCUT2D eigenvalue weighted by Gasteiger charge is 2.21. The van der Waals surface area contributed by atoms with Crippen LogP contribution >= 0.6 is 0 Å². The topological polar surface area (TPSA) is 73.5 Å². The molecule has 152 valence electrons. The van der Waals surface area contributed by atoms with Crippen LogP contribution in [0.15, 0.2) is 66.7 Å². The summed E-state index contributed by atoms with van der Waals surface area (Å²) in [6.07, 6.45) is 0. The van der Waals surface area contributed by atoms with Gasteiger partial charge in [0.25, 0.3) is 5.91 Å². The van der Waals surface area contributed by atoms with Crippen LogP contribution in [-0.4, -0.2) is 25.0 Å². The molecule has 0 radical (unpaired) electrons. The first kappa shape index (κ1) is 19.5. The molecule has 1 heterocycles. The molecule has 1 fully saturated rings. The van der Waals surface area contributed by atoms with Crippen LogP contribution in [0.25, 0.3) is 0 Å². The monoisotopic (exact) mass is 400 g/mol. The Balaban J connectivity index is 1.51. The Morgan fingerprint density at radius 3 is 2.40 bits per heavy atom. The summed E-state index contributed by atoms with van der Waals surface area (Å²) in [6.45, 7) is 5.40. The molecule has 0 spiro atoms. The smallest absolute Gasteiger partial charge is 0.321 e. The molecule has 30 heavy (non-hydrogen) atoms. The average molecular weight is 400 g/mol. The van der Waals surface area contributed by atoms with E-state index in [0.717, 1.165) is 22.6 Å². The van der Waals surface area contributed by atoms with E-state index in [1.807, 2.05) is 42.5 Å². The van der Waals surface area contributed by atoms with E-state index in [0.29, 0.717) is 24.3 Å². The molecule has 3 aromatic rings. The second kappa shape index (κ2) is 8.29. The fourth-order valence-electron chi connectivity index (χ4n) is 3.46. The number of nitrogens with one attached hydrogen (secondary N) is 3. The normalized spacial score (nSPS) is 13.1. The number of rotatable bonds is 5. The molecule has 4 rings (SSSR count). The standard InChI is InChI=1S/C24H24N4O2/c1-16-6-5-9-21(17(16)2)27-22-8-4-3-7-20(22)23(29)26-18-10-12-19(13-11-18)28-15-14-25-24(28)30/h3-13,27H,14-15H2,1-2H3,(H,25,30)(H,26,29).